The zero-order chi connectivity index (χ0) is 20.1. The number of aromatic nitrogens is 1. The van der Waals surface area contributed by atoms with Gasteiger partial charge in [-0.2, -0.15) is 0 Å². The van der Waals surface area contributed by atoms with Crippen molar-refractivity contribution < 1.29 is 14.1 Å². The normalized spacial score (nSPS) is 13.7. The molecule has 0 radical (unpaired) electrons. The van der Waals surface area contributed by atoms with Crippen molar-refractivity contribution in [3.63, 3.8) is 0 Å². The molecule has 0 unspecified atom stereocenters. The highest BCUT2D eigenvalue weighted by molar-refractivity contribution is 6.32. The molecular weight excluding hydrogens is 386 g/mol. The van der Waals surface area contributed by atoms with Gasteiger partial charge >= 0.3 is 5.97 Å². The molecule has 1 fully saturated rings. The quantitative estimate of drug-likeness (QED) is 0.401. The topological polar surface area (TPSA) is 52.3 Å². The van der Waals surface area contributed by atoms with Crippen molar-refractivity contribution in [1.29, 1.82) is 0 Å². The van der Waals surface area contributed by atoms with Gasteiger partial charge in [-0.05, 0) is 31.0 Å². The lowest BCUT2D eigenvalue weighted by Crippen LogP contribution is -2.05. The van der Waals surface area contributed by atoms with E-state index >= 15 is 0 Å². The van der Waals surface area contributed by atoms with E-state index in [-0.39, 0.29) is 6.61 Å². The van der Waals surface area contributed by atoms with Crippen LogP contribution in [-0.2, 0) is 11.3 Å². The molecule has 0 spiro atoms. The molecule has 0 atom stereocenters. The molecule has 5 heteroatoms. The van der Waals surface area contributed by atoms with Crippen molar-refractivity contribution >= 4 is 17.6 Å². The maximum Gasteiger partial charge on any atom is 0.338 e. The standard InChI is InChI=1S/C24H20ClNO3/c25-22-14-20(13-12-18(22)11-10-17-6-4-5-7-17)24(27)28-16-21-15-23(26-29-21)19-8-2-1-3-9-19/h1-3,8-9,12-15,17H,4-7,16H2. The monoisotopic (exact) mass is 405 g/mol. The zero-order valence-electron chi connectivity index (χ0n) is 15.9. The molecule has 0 N–H and O–H groups in total. The SMILES string of the molecule is O=C(OCc1cc(-c2ccccc2)no1)c1ccc(C#CC2CCCC2)c(Cl)c1. The molecular formula is C24H20ClNO3. The number of carbonyl (C=O) groups is 1. The second kappa shape index (κ2) is 8.98. The van der Waals surface area contributed by atoms with Crippen LogP contribution in [-0.4, -0.2) is 11.1 Å². The van der Waals surface area contributed by atoms with E-state index in [1.807, 2.05) is 30.3 Å². The first kappa shape index (κ1) is 19.3. The average molecular weight is 406 g/mol. The number of hydrogen-bond acceptors (Lipinski definition) is 4. The van der Waals surface area contributed by atoms with E-state index in [9.17, 15) is 4.79 Å². The summed E-state index contributed by atoms with van der Waals surface area (Å²) in [6, 6.07) is 16.5. The van der Waals surface area contributed by atoms with Crippen molar-refractivity contribution in [3.05, 3.63) is 76.5 Å². The zero-order valence-corrected chi connectivity index (χ0v) is 16.6. The van der Waals surface area contributed by atoms with E-state index in [1.54, 1.807) is 24.3 Å². The Balaban J connectivity index is 1.37. The third-order valence-electron chi connectivity index (χ3n) is 4.94. The van der Waals surface area contributed by atoms with Gasteiger partial charge in [-0.3, -0.25) is 0 Å². The van der Waals surface area contributed by atoms with Crippen LogP contribution < -0.4 is 0 Å². The number of esters is 1. The fraction of sp³-hybridized carbons (Fsp3) is 0.250. The van der Waals surface area contributed by atoms with E-state index in [4.69, 9.17) is 20.9 Å². The van der Waals surface area contributed by atoms with Crippen molar-refractivity contribution in [1.82, 2.24) is 5.16 Å². The van der Waals surface area contributed by atoms with Gasteiger partial charge in [0.25, 0.3) is 0 Å². The molecule has 4 rings (SSSR count). The van der Waals surface area contributed by atoms with Gasteiger partial charge in [0.2, 0.25) is 0 Å². The summed E-state index contributed by atoms with van der Waals surface area (Å²) in [5, 5.41) is 4.47. The third-order valence-corrected chi connectivity index (χ3v) is 5.26. The van der Waals surface area contributed by atoms with Gasteiger partial charge in [0.05, 0.1) is 10.6 Å². The molecule has 3 aromatic rings. The van der Waals surface area contributed by atoms with Gasteiger partial charge in [0.1, 0.15) is 5.69 Å². The number of hydrogen-bond donors (Lipinski definition) is 0. The first-order valence-corrected chi connectivity index (χ1v) is 10.1. The van der Waals surface area contributed by atoms with E-state index < -0.39 is 5.97 Å². The lowest BCUT2D eigenvalue weighted by molar-refractivity contribution is 0.0437. The van der Waals surface area contributed by atoms with Crippen LogP contribution in [0.15, 0.2) is 59.1 Å². The van der Waals surface area contributed by atoms with Gasteiger partial charge in [-0.15, -0.1) is 0 Å². The molecule has 0 bridgehead atoms. The second-order valence-corrected chi connectivity index (χ2v) is 7.47. The molecule has 1 aromatic heterocycles. The molecule has 146 valence electrons. The lowest BCUT2D eigenvalue weighted by Gasteiger charge is -2.04. The van der Waals surface area contributed by atoms with Crippen LogP contribution in [0, 0.1) is 17.8 Å². The van der Waals surface area contributed by atoms with Crippen LogP contribution in [0.1, 0.15) is 47.4 Å². The fourth-order valence-electron chi connectivity index (χ4n) is 3.34. The van der Waals surface area contributed by atoms with Gasteiger partial charge in [-0.1, -0.05) is 71.8 Å². The van der Waals surface area contributed by atoms with Crippen LogP contribution in [0.5, 0.6) is 0 Å². The minimum Gasteiger partial charge on any atom is -0.454 e. The largest absolute Gasteiger partial charge is 0.454 e. The Bertz CT molecular complexity index is 1060. The average Bonchev–Trinajstić information content (AvgIpc) is 3.44. The Kier molecular flexibility index (Phi) is 5.97. The second-order valence-electron chi connectivity index (χ2n) is 7.07. The molecule has 0 saturated heterocycles. The van der Waals surface area contributed by atoms with Gasteiger partial charge in [-0.25, -0.2) is 4.79 Å². The van der Waals surface area contributed by atoms with Crippen molar-refractivity contribution in [2.24, 2.45) is 5.92 Å². The number of carbonyl (C=O) groups excluding carboxylic acids is 1. The highest BCUT2D eigenvalue weighted by Crippen LogP contribution is 2.25. The van der Waals surface area contributed by atoms with E-state index in [0.29, 0.717) is 28.0 Å². The first-order chi connectivity index (χ1) is 14.2. The molecule has 29 heavy (non-hydrogen) atoms. The molecule has 4 nitrogen and oxygen atoms in total. The number of nitrogens with zero attached hydrogens (tertiary/aromatic N) is 1. The van der Waals surface area contributed by atoms with E-state index in [2.05, 4.69) is 17.0 Å². The number of benzene rings is 2. The molecule has 0 amide bonds. The predicted molar refractivity (Wildman–Crippen MR) is 111 cm³/mol. The molecule has 1 aliphatic carbocycles. The summed E-state index contributed by atoms with van der Waals surface area (Å²) in [4.78, 5) is 12.3. The number of ether oxygens (including phenoxy) is 1. The maximum absolute atomic E-state index is 12.3. The Morgan fingerprint density at radius 3 is 2.69 bits per heavy atom. The van der Waals surface area contributed by atoms with Crippen LogP contribution in [0.25, 0.3) is 11.3 Å². The Hall–Kier alpha value is -3.03. The van der Waals surface area contributed by atoms with Crippen LogP contribution in [0.4, 0.5) is 0 Å². The number of halogens is 1. The minimum absolute atomic E-state index is 0.000473. The molecule has 1 heterocycles. The summed E-state index contributed by atoms with van der Waals surface area (Å²) in [5.74, 6) is 6.88. The minimum atomic E-state index is -0.472. The summed E-state index contributed by atoms with van der Waals surface area (Å²) in [6.45, 7) is -0.000473. The van der Waals surface area contributed by atoms with Gasteiger partial charge in [0, 0.05) is 23.1 Å². The summed E-state index contributed by atoms with van der Waals surface area (Å²) in [6.07, 6.45) is 4.80. The molecule has 2 aromatic carbocycles. The highest BCUT2D eigenvalue weighted by Gasteiger charge is 2.14. The lowest BCUT2D eigenvalue weighted by atomic mass is 10.1. The Morgan fingerprint density at radius 2 is 1.93 bits per heavy atom. The summed E-state index contributed by atoms with van der Waals surface area (Å²) in [7, 11) is 0. The smallest absolute Gasteiger partial charge is 0.338 e. The fourth-order valence-corrected chi connectivity index (χ4v) is 3.57. The van der Waals surface area contributed by atoms with Crippen molar-refractivity contribution in [2.45, 2.75) is 32.3 Å². The van der Waals surface area contributed by atoms with Gasteiger partial charge < -0.3 is 9.26 Å². The molecule has 1 saturated carbocycles. The number of rotatable bonds is 4. The maximum atomic E-state index is 12.3. The van der Waals surface area contributed by atoms with Crippen molar-refractivity contribution in [3.8, 4) is 23.1 Å². The molecule has 1 aliphatic rings. The summed E-state index contributed by atoms with van der Waals surface area (Å²) in [5.41, 5.74) is 2.75. The predicted octanol–water partition coefficient (Wildman–Crippen LogP) is 5.89. The first-order valence-electron chi connectivity index (χ1n) is 9.68. The van der Waals surface area contributed by atoms with Gasteiger partial charge in [0.15, 0.2) is 12.4 Å². The van der Waals surface area contributed by atoms with E-state index in [0.717, 1.165) is 24.0 Å². The Morgan fingerprint density at radius 1 is 1.14 bits per heavy atom. The summed E-state index contributed by atoms with van der Waals surface area (Å²) < 4.78 is 10.6. The van der Waals surface area contributed by atoms with Crippen LogP contribution in [0.2, 0.25) is 5.02 Å². The highest BCUT2D eigenvalue weighted by atomic mass is 35.5. The summed E-state index contributed by atoms with van der Waals surface area (Å²) >= 11 is 6.31. The van der Waals surface area contributed by atoms with Crippen LogP contribution in [0.3, 0.4) is 0 Å². The van der Waals surface area contributed by atoms with E-state index in [1.165, 1.54) is 12.8 Å². The molecule has 0 aliphatic heterocycles. The Labute approximate surface area is 174 Å². The van der Waals surface area contributed by atoms with Crippen molar-refractivity contribution in [2.75, 3.05) is 0 Å². The van der Waals surface area contributed by atoms with Crippen LogP contribution >= 0.6 is 11.6 Å². The third kappa shape index (κ3) is 4.88.